The smallest absolute Gasteiger partial charge is 0.308 e. The van der Waals surface area contributed by atoms with Gasteiger partial charge in [0.15, 0.2) is 11.5 Å². The molecule has 4 rings (SSSR count). The molecule has 0 aliphatic carbocycles. The van der Waals surface area contributed by atoms with Crippen molar-refractivity contribution in [2.24, 2.45) is 5.92 Å². The molecule has 0 bridgehead atoms. The molecule has 2 aliphatic rings. The summed E-state index contributed by atoms with van der Waals surface area (Å²) >= 11 is 0. The van der Waals surface area contributed by atoms with E-state index in [4.69, 9.17) is 9.47 Å². The lowest BCUT2D eigenvalue weighted by Gasteiger charge is -2.29. The highest BCUT2D eigenvalue weighted by atomic mass is 16.7. The van der Waals surface area contributed by atoms with Crippen molar-refractivity contribution in [1.29, 1.82) is 0 Å². The van der Waals surface area contributed by atoms with Crippen molar-refractivity contribution in [3.05, 3.63) is 53.9 Å². The molecule has 3 atom stereocenters. The first-order valence-corrected chi connectivity index (χ1v) is 13.6. The summed E-state index contributed by atoms with van der Waals surface area (Å²) in [5, 5.41) is 10.4. The summed E-state index contributed by atoms with van der Waals surface area (Å²) in [6.45, 7) is 6.65. The van der Waals surface area contributed by atoms with E-state index in [1.54, 1.807) is 6.20 Å². The fourth-order valence-corrected chi connectivity index (χ4v) is 5.51. The second kappa shape index (κ2) is 12.9. The lowest BCUT2D eigenvalue weighted by molar-refractivity contribution is -0.143. The van der Waals surface area contributed by atoms with Crippen molar-refractivity contribution < 1.29 is 24.2 Å². The molecule has 1 saturated heterocycles. The van der Waals surface area contributed by atoms with Gasteiger partial charge in [-0.25, -0.2) is 0 Å². The van der Waals surface area contributed by atoms with E-state index in [0.29, 0.717) is 30.9 Å². The zero-order chi connectivity index (χ0) is 26.2. The number of likely N-dealkylation sites (tertiary alicyclic amines) is 1. The molecule has 8 heteroatoms. The Kier molecular flexibility index (Phi) is 9.39. The SMILES string of the molecule is CCCCN(CCCC)C(=O)CN1C[C@H](c2ccc3c(c2)OCO3)[C@H](C(=O)O)[C@H]1CCc1ccccn1. The third-order valence-corrected chi connectivity index (χ3v) is 7.53. The Morgan fingerprint density at radius 1 is 1.08 bits per heavy atom. The van der Waals surface area contributed by atoms with Crippen LogP contribution in [0.2, 0.25) is 0 Å². The summed E-state index contributed by atoms with van der Waals surface area (Å²) in [4.78, 5) is 34.7. The molecule has 0 spiro atoms. The molecule has 1 aromatic heterocycles. The van der Waals surface area contributed by atoms with Gasteiger partial charge in [0.1, 0.15) is 0 Å². The minimum atomic E-state index is -0.836. The lowest BCUT2D eigenvalue weighted by Crippen LogP contribution is -2.44. The number of aliphatic carboxylic acids is 1. The van der Waals surface area contributed by atoms with Gasteiger partial charge in [-0.15, -0.1) is 0 Å². The monoisotopic (exact) mass is 509 g/mol. The molecule has 37 heavy (non-hydrogen) atoms. The summed E-state index contributed by atoms with van der Waals surface area (Å²) < 4.78 is 11.0. The van der Waals surface area contributed by atoms with E-state index < -0.39 is 11.9 Å². The summed E-state index contributed by atoms with van der Waals surface area (Å²) in [6.07, 6.45) is 7.02. The summed E-state index contributed by atoms with van der Waals surface area (Å²) in [7, 11) is 0. The maximum atomic E-state index is 13.5. The van der Waals surface area contributed by atoms with Crippen LogP contribution in [0.5, 0.6) is 11.5 Å². The molecule has 0 radical (unpaired) electrons. The van der Waals surface area contributed by atoms with Crippen LogP contribution < -0.4 is 9.47 Å². The molecule has 1 N–H and O–H groups in total. The zero-order valence-electron chi connectivity index (χ0n) is 22.0. The zero-order valence-corrected chi connectivity index (χ0v) is 22.0. The van der Waals surface area contributed by atoms with Crippen LogP contribution in [0.3, 0.4) is 0 Å². The number of aryl methyl sites for hydroxylation is 1. The Labute approximate surface area is 219 Å². The van der Waals surface area contributed by atoms with Gasteiger partial charge in [0.25, 0.3) is 0 Å². The van der Waals surface area contributed by atoms with Crippen molar-refractivity contribution in [2.75, 3.05) is 33.0 Å². The minimum Gasteiger partial charge on any atom is -0.481 e. The minimum absolute atomic E-state index is 0.0835. The number of unbranched alkanes of at least 4 members (excludes halogenated alkanes) is 2. The fourth-order valence-electron chi connectivity index (χ4n) is 5.51. The van der Waals surface area contributed by atoms with Crippen LogP contribution in [-0.2, 0) is 16.0 Å². The molecule has 200 valence electrons. The average molecular weight is 510 g/mol. The highest BCUT2D eigenvalue weighted by Gasteiger charge is 2.47. The predicted molar refractivity (Wildman–Crippen MR) is 141 cm³/mol. The molecule has 2 aliphatic heterocycles. The van der Waals surface area contributed by atoms with Crippen molar-refractivity contribution in [3.8, 4) is 11.5 Å². The Balaban J connectivity index is 1.59. The maximum absolute atomic E-state index is 13.5. The molecule has 8 nitrogen and oxygen atoms in total. The van der Waals surface area contributed by atoms with Gasteiger partial charge in [-0.1, -0.05) is 38.8 Å². The van der Waals surface area contributed by atoms with E-state index in [1.165, 1.54) is 0 Å². The number of benzene rings is 1. The van der Waals surface area contributed by atoms with Crippen LogP contribution in [0.15, 0.2) is 42.6 Å². The summed E-state index contributed by atoms with van der Waals surface area (Å²) in [5.74, 6) is -0.330. The van der Waals surface area contributed by atoms with Gasteiger partial charge in [-0.2, -0.15) is 0 Å². The van der Waals surface area contributed by atoms with Crippen molar-refractivity contribution in [3.63, 3.8) is 0 Å². The fraction of sp³-hybridized carbons (Fsp3) is 0.552. The summed E-state index contributed by atoms with van der Waals surface area (Å²) in [6, 6.07) is 11.2. The number of ether oxygens (including phenoxy) is 2. The summed E-state index contributed by atoms with van der Waals surface area (Å²) in [5.41, 5.74) is 1.83. The van der Waals surface area contributed by atoms with Crippen LogP contribution in [0.1, 0.15) is 63.1 Å². The molecule has 0 saturated carbocycles. The van der Waals surface area contributed by atoms with Crippen LogP contribution >= 0.6 is 0 Å². The van der Waals surface area contributed by atoms with Crippen LogP contribution in [0, 0.1) is 5.92 Å². The topological polar surface area (TPSA) is 92.2 Å². The van der Waals surface area contributed by atoms with E-state index in [1.807, 2.05) is 41.3 Å². The van der Waals surface area contributed by atoms with Gasteiger partial charge in [0, 0.05) is 43.5 Å². The number of hydrogen-bond acceptors (Lipinski definition) is 6. The molecule has 1 fully saturated rings. The normalized spacial score (nSPS) is 20.8. The van der Waals surface area contributed by atoms with Gasteiger partial charge in [0.05, 0.1) is 12.5 Å². The number of pyridine rings is 1. The van der Waals surface area contributed by atoms with Crippen LogP contribution in [0.25, 0.3) is 0 Å². The Morgan fingerprint density at radius 3 is 2.51 bits per heavy atom. The Bertz CT molecular complexity index is 1040. The highest BCUT2D eigenvalue weighted by molar-refractivity contribution is 5.79. The van der Waals surface area contributed by atoms with E-state index in [0.717, 1.165) is 50.0 Å². The maximum Gasteiger partial charge on any atom is 0.308 e. The van der Waals surface area contributed by atoms with E-state index in [9.17, 15) is 14.7 Å². The first kappa shape index (κ1) is 26.9. The molecule has 1 amide bonds. The third-order valence-electron chi connectivity index (χ3n) is 7.53. The Hall–Kier alpha value is -3.13. The third kappa shape index (κ3) is 6.60. The van der Waals surface area contributed by atoms with Gasteiger partial charge in [-0.3, -0.25) is 19.5 Å². The van der Waals surface area contributed by atoms with Gasteiger partial charge < -0.3 is 19.5 Å². The van der Waals surface area contributed by atoms with Crippen molar-refractivity contribution in [1.82, 2.24) is 14.8 Å². The molecular weight excluding hydrogens is 470 g/mol. The molecule has 0 unspecified atom stereocenters. The standard InChI is InChI=1S/C29H39N3O5/c1-3-5-15-31(16-6-4-2)27(33)19-32-18-23(21-10-13-25-26(17-21)37-20-36-25)28(29(34)35)24(32)12-11-22-9-7-8-14-30-22/h7-10,13-14,17,23-24,28H,3-6,11-12,15-16,18-20H2,1-2H3,(H,34,35)/t23-,24-,28+/m1/s1. The number of aromatic nitrogens is 1. The average Bonchev–Trinajstić information content (AvgIpc) is 3.52. The number of fused-ring (bicyclic) bond motifs is 1. The molecule has 1 aromatic carbocycles. The molecule has 2 aromatic rings. The second-order valence-corrected chi connectivity index (χ2v) is 10.0. The molecular formula is C29H39N3O5. The van der Waals surface area contributed by atoms with E-state index in [-0.39, 0.29) is 31.2 Å². The van der Waals surface area contributed by atoms with Gasteiger partial charge >= 0.3 is 5.97 Å². The number of carbonyl (C=O) groups excluding carboxylic acids is 1. The molecule has 3 heterocycles. The van der Waals surface area contributed by atoms with Crippen LogP contribution in [0.4, 0.5) is 0 Å². The van der Waals surface area contributed by atoms with Gasteiger partial charge in [0.2, 0.25) is 12.7 Å². The van der Waals surface area contributed by atoms with E-state index in [2.05, 4.69) is 23.7 Å². The number of carboxylic acid groups (broad SMARTS) is 1. The predicted octanol–water partition coefficient (Wildman–Crippen LogP) is 4.34. The Morgan fingerprint density at radius 2 is 1.84 bits per heavy atom. The van der Waals surface area contributed by atoms with Gasteiger partial charge in [-0.05, 0) is 55.5 Å². The number of rotatable bonds is 13. The first-order chi connectivity index (χ1) is 18.0. The number of carboxylic acids is 1. The number of carbonyl (C=O) groups is 2. The quantitative estimate of drug-likeness (QED) is 0.429. The lowest BCUT2D eigenvalue weighted by atomic mass is 9.83. The second-order valence-electron chi connectivity index (χ2n) is 10.0. The van der Waals surface area contributed by atoms with Crippen molar-refractivity contribution >= 4 is 11.9 Å². The number of amides is 1. The first-order valence-electron chi connectivity index (χ1n) is 13.6. The number of hydrogen-bond donors (Lipinski definition) is 1. The van der Waals surface area contributed by atoms with E-state index >= 15 is 0 Å². The number of nitrogens with zero attached hydrogens (tertiary/aromatic N) is 3. The largest absolute Gasteiger partial charge is 0.481 e. The van der Waals surface area contributed by atoms with Crippen LogP contribution in [-0.4, -0.2) is 70.8 Å². The highest BCUT2D eigenvalue weighted by Crippen LogP contribution is 2.43. The van der Waals surface area contributed by atoms with Crippen molar-refractivity contribution in [2.45, 2.75) is 64.3 Å².